The van der Waals surface area contributed by atoms with E-state index in [4.69, 9.17) is 4.98 Å². The Bertz CT molecular complexity index is 585. The van der Waals surface area contributed by atoms with E-state index >= 15 is 0 Å². The Hall–Kier alpha value is -1.65. The van der Waals surface area contributed by atoms with Gasteiger partial charge in [0.1, 0.15) is 11.6 Å². The van der Waals surface area contributed by atoms with Crippen LogP contribution in [0.25, 0.3) is 0 Å². The maximum atomic E-state index is 12.4. The van der Waals surface area contributed by atoms with Crippen molar-refractivity contribution in [1.82, 2.24) is 14.9 Å². The van der Waals surface area contributed by atoms with E-state index in [-0.39, 0.29) is 0 Å². The molecule has 0 N–H and O–H groups in total. The molecule has 1 aromatic rings. The minimum atomic E-state index is 0.314. The molecule has 1 aliphatic rings. The van der Waals surface area contributed by atoms with Gasteiger partial charge in [-0.25, -0.2) is 9.97 Å². The van der Waals surface area contributed by atoms with Gasteiger partial charge in [-0.05, 0) is 32.6 Å². The van der Waals surface area contributed by atoms with Crippen LogP contribution in [0.4, 0.5) is 5.82 Å². The van der Waals surface area contributed by atoms with Crippen molar-refractivity contribution >= 4 is 11.7 Å². The standard InChI is InChI=1S/C20H34N4O/c1-6-7-8-10-18(25)23-11-9-12-24(14-13-23)20-19(15(2)3)16(4)21-17(5)22-20/h15H,6-14H2,1-5H3. The molecule has 2 rings (SSSR count). The summed E-state index contributed by atoms with van der Waals surface area (Å²) in [6, 6.07) is 0. The summed E-state index contributed by atoms with van der Waals surface area (Å²) in [6.07, 6.45) is 5.00. The predicted octanol–water partition coefficient (Wildman–Crippen LogP) is 3.84. The molecule has 1 amide bonds. The quantitative estimate of drug-likeness (QED) is 0.735. The van der Waals surface area contributed by atoms with E-state index in [1.54, 1.807) is 0 Å². The van der Waals surface area contributed by atoms with Crippen LogP contribution in [0, 0.1) is 13.8 Å². The van der Waals surface area contributed by atoms with Crippen LogP contribution in [-0.4, -0.2) is 47.0 Å². The molecule has 0 aliphatic carbocycles. The zero-order valence-electron chi connectivity index (χ0n) is 16.6. The summed E-state index contributed by atoms with van der Waals surface area (Å²) in [7, 11) is 0. The largest absolute Gasteiger partial charge is 0.354 e. The number of carbonyl (C=O) groups excluding carboxylic acids is 1. The van der Waals surface area contributed by atoms with E-state index in [0.29, 0.717) is 18.2 Å². The van der Waals surface area contributed by atoms with Crippen LogP contribution in [-0.2, 0) is 4.79 Å². The second-order valence-corrected chi connectivity index (χ2v) is 7.43. The van der Waals surface area contributed by atoms with Gasteiger partial charge in [-0.1, -0.05) is 33.6 Å². The Morgan fingerprint density at radius 1 is 1.08 bits per heavy atom. The molecule has 5 nitrogen and oxygen atoms in total. The van der Waals surface area contributed by atoms with Crippen molar-refractivity contribution in [1.29, 1.82) is 0 Å². The zero-order chi connectivity index (χ0) is 18.4. The van der Waals surface area contributed by atoms with Crippen molar-refractivity contribution in [3.8, 4) is 0 Å². The number of hydrogen-bond acceptors (Lipinski definition) is 4. The Morgan fingerprint density at radius 3 is 2.52 bits per heavy atom. The molecule has 0 aromatic carbocycles. The lowest BCUT2D eigenvalue weighted by molar-refractivity contribution is -0.131. The van der Waals surface area contributed by atoms with Gasteiger partial charge in [0.2, 0.25) is 5.91 Å². The van der Waals surface area contributed by atoms with Crippen molar-refractivity contribution in [2.75, 3.05) is 31.1 Å². The summed E-state index contributed by atoms with van der Waals surface area (Å²) in [6.45, 7) is 14.1. The smallest absolute Gasteiger partial charge is 0.222 e. The van der Waals surface area contributed by atoms with Crippen molar-refractivity contribution in [3.05, 3.63) is 17.1 Å². The van der Waals surface area contributed by atoms with Gasteiger partial charge in [0, 0.05) is 43.9 Å². The first-order valence-electron chi connectivity index (χ1n) is 9.81. The van der Waals surface area contributed by atoms with Crippen LogP contribution in [0.15, 0.2) is 0 Å². The van der Waals surface area contributed by atoms with Gasteiger partial charge in [-0.15, -0.1) is 0 Å². The maximum Gasteiger partial charge on any atom is 0.222 e. The molecule has 1 aliphatic heterocycles. The van der Waals surface area contributed by atoms with Crippen molar-refractivity contribution in [2.45, 2.75) is 72.6 Å². The Balaban J connectivity index is 2.10. The average molecular weight is 347 g/mol. The monoisotopic (exact) mass is 346 g/mol. The molecule has 1 aromatic heterocycles. The fourth-order valence-electron chi connectivity index (χ4n) is 3.68. The van der Waals surface area contributed by atoms with Gasteiger partial charge >= 0.3 is 0 Å². The van der Waals surface area contributed by atoms with Crippen molar-refractivity contribution in [2.24, 2.45) is 0 Å². The predicted molar refractivity (Wildman–Crippen MR) is 103 cm³/mol. The Kier molecular flexibility index (Phi) is 7.21. The van der Waals surface area contributed by atoms with Gasteiger partial charge in [0.05, 0.1) is 0 Å². The van der Waals surface area contributed by atoms with Crippen LogP contribution < -0.4 is 4.90 Å². The second kappa shape index (κ2) is 9.16. The summed E-state index contributed by atoms with van der Waals surface area (Å²) in [4.78, 5) is 26.2. The topological polar surface area (TPSA) is 49.3 Å². The van der Waals surface area contributed by atoms with E-state index in [1.165, 1.54) is 5.56 Å². The fraction of sp³-hybridized carbons (Fsp3) is 0.750. The van der Waals surface area contributed by atoms with Crippen LogP contribution in [0.5, 0.6) is 0 Å². The van der Waals surface area contributed by atoms with E-state index in [0.717, 1.165) is 69.2 Å². The molecule has 1 saturated heterocycles. The number of aromatic nitrogens is 2. The molecule has 1 fully saturated rings. The highest BCUT2D eigenvalue weighted by Crippen LogP contribution is 2.29. The number of anilines is 1. The normalized spacial score (nSPS) is 15.6. The first kappa shape index (κ1) is 19.7. The first-order chi connectivity index (χ1) is 11.9. The highest BCUT2D eigenvalue weighted by atomic mass is 16.2. The number of carbonyl (C=O) groups is 1. The summed E-state index contributed by atoms with van der Waals surface area (Å²) in [5, 5.41) is 0. The fourth-order valence-corrected chi connectivity index (χ4v) is 3.68. The molecular formula is C20H34N4O. The Morgan fingerprint density at radius 2 is 1.84 bits per heavy atom. The lowest BCUT2D eigenvalue weighted by atomic mass is 10.0. The summed E-state index contributed by atoms with van der Waals surface area (Å²) in [5.41, 5.74) is 2.32. The average Bonchev–Trinajstić information content (AvgIpc) is 2.79. The molecule has 25 heavy (non-hydrogen) atoms. The molecule has 0 atom stereocenters. The second-order valence-electron chi connectivity index (χ2n) is 7.43. The summed E-state index contributed by atoms with van der Waals surface area (Å²) in [5.74, 6) is 2.61. The van der Waals surface area contributed by atoms with Gasteiger partial charge in [-0.2, -0.15) is 0 Å². The first-order valence-corrected chi connectivity index (χ1v) is 9.81. The number of amides is 1. The molecule has 140 valence electrons. The highest BCUT2D eigenvalue weighted by molar-refractivity contribution is 5.76. The molecular weight excluding hydrogens is 312 g/mol. The number of unbranched alkanes of at least 4 members (excludes halogenated alkanes) is 2. The third kappa shape index (κ3) is 5.16. The van der Waals surface area contributed by atoms with Crippen molar-refractivity contribution < 1.29 is 4.79 Å². The van der Waals surface area contributed by atoms with Crippen LogP contribution in [0.3, 0.4) is 0 Å². The molecule has 2 heterocycles. The maximum absolute atomic E-state index is 12.4. The van der Waals surface area contributed by atoms with Gasteiger partial charge in [-0.3, -0.25) is 4.79 Å². The minimum absolute atomic E-state index is 0.314. The molecule has 0 spiro atoms. The lowest BCUT2D eigenvalue weighted by Gasteiger charge is -2.27. The van der Waals surface area contributed by atoms with E-state index in [2.05, 4.69) is 37.6 Å². The number of aryl methyl sites for hydroxylation is 2. The number of rotatable bonds is 6. The van der Waals surface area contributed by atoms with E-state index in [1.807, 2.05) is 11.8 Å². The van der Waals surface area contributed by atoms with Gasteiger partial charge < -0.3 is 9.80 Å². The van der Waals surface area contributed by atoms with Gasteiger partial charge in [0.15, 0.2) is 0 Å². The van der Waals surface area contributed by atoms with E-state index in [9.17, 15) is 4.79 Å². The van der Waals surface area contributed by atoms with Crippen molar-refractivity contribution in [3.63, 3.8) is 0 Å². The van der Waals surface area contributed by atoms with Gasteiger partial charge in [0.25, 0.3) is 0 Å². The third-order valence-corrected chi connectivity index (χ3v) is 4.95. The molecule has 0 unspecified atom stereocenters. The molecule has 0 saturated carbocycles. The summed E-state index contributed by atoms with van der Waals surface area (Å²) < 4.78 is 0. The summed E-state index contributed by atoms with van der Waals surface area (Å²) >= 11 is 0. The van der Waals surface area contributed by atoms with Crippen LogP contribution in [0.2, 0.25) is 0 Å². The van der Waals surface area contributed by atoms with Crippen LogP contribution in [0.1, 0.15) is 75.9 Å². The van der Waals surface area contributed by atoms with E-state index < -0.39 is 0 Å². The molecule has 5 heteroatoms. The number of nitrogens with zero attached hydrogens (tertiary/aromatic N) is 4. The molecule has 0 bridgehead atoms. The number of hydrogen-bond donors (Lipinski definition) is 0. The Labute approximate surface area is 152 Å². The minimum Gasteiger partial charge on any atom is -0.354 e. The SMILES string of the molecule is CCCCCC(=O)N1CCCN(c2nc(C)nc(C)c2C(C)C)CC1. The zero-order valence-corrected chi connectivity index (χ0v) is 16.6. The molecule has 0 radical (unpaired) electrons. The van der Waals surface area contributed by atoms with Crippen LogP contribution >= 0.6 is 0 Å². The highest BCUT2D eigenvalue weighted by Gasteiger charge is 2.23. The lowest BCUT2D eigenvalue weighted by Crippen LogP contribution is -2.35. The third-order valence-electron chi connectivity index (χ3n) is 4.95.